The van der Waals surface area contributed by atoms with E-state index < -0.39 is 0 Å². The number of ether oxygens (including phenoxy) is 2. The van der Waals surface area contributed by atoms with Gasteiger partial charge in [-0.2, -0.15) is 0 Å². The number of hydrogen-bond donors (Lipinski definition) is 0. The average Bonchev–Trinajstić information content (AvgIpc) is 3.72. The minimum atomic E-state index is -0.0146. The molecule has 1 aromatic carbocycles. The highest BCUT2D eigenvalue weighted by molar-refractivity contribution is 5.87. The predicted molar refractivity (Wildman–Crippen MR) is 124 cm³/mol. The highest BCUT2D eigenvalue weighted by Crippen LogP contribution is 2.31. The van der Waals surface area contributed by atoms with E-state index in [1.165, 1.54) is 0 Å². The Labute approximate surface area is 194 Å². The molecular weight excluding hydrogens is 422 g/mol. The molecule has 1 aliphatic heterocycles. The van der Waals surface area contributed by atoms with E-state index in [1.807, 2.05) is 41.3 Å². The summed E-state index contributed by atoms with van der Waals surface area (Å²) in [4.78, 5) is 31.0. The summed E-state index contributed by atoms with van der Waals surface area (Å²) in [6.07, 6.45) is 1.85. The van der Waals surface area contributed by atoms with Crippen molar-refractivity contribution >= 4 is 17.6 Å². The second kappa shape index (κ2) is 10.6. The molecule has 9 heteroatoms. The molecule has 1 aliphatic carbocycles. The minimum absolute atomic E-state index is 0.0146. The Hall–Kier alpha value is -3.20. The number of carbonyl (C=O) groups excluding carboxylic acids is 2. The van der Waals surface area contributed by atoms with Crippen molar-refractivity contribution in [2.24, 2.45) is 5.92 Å². The molecule has 2 amide bonds. The zero-order chi connectivity index (χ0) is 23.2. The molecule has 2 heterocycles. The SMILES string of the molecule is COCCN(CC(=O)N1CCN(c2ccc(-c3cccc(OC)c3)nn2)CC1)C(=O)C1CC1. The number of methoxy groups -OCH3 is 2. The van der Waals surface area contributed by atoms with Crippen LogP contribution < -0.4 is 9.64 Å². The summed E-state index contributed by atoms with van der Waals surface area (Å²) in [6, 6.07) is 11.6. The maximum absolute atomic E-state index is 12.9. The largest absolute Gasteiger partial charge is 0.497 e. The second-order valence-electron chi connectivity index (χ2n) is 8.40. The molecule has 2 aliphatic rings. The first-order valence-electron chi connectivity index (χ1n) is 11.4. The van der Waals surface area contributed by atoms with Gasteiger partial charge in [-0.3, -0.25) is 9.59 Å². The van der Waals surface area contributed by atoms with Crippen LogP contribution in [0.2, 0.25) is 0 Å². The van der Waals surface area contributed by atoms with Crippen LogP contribution in [0.15, 0.2) is 36.4 Å². The Morgan fingerprint density at radius 2 is 1.85 bits per heavy atom. The molecule has 0 spiro atoms. The third-order valence-corrected chi connectivity index (χ3v) is 6.10. The van der Waals surface area contributed by atoms with Crippen LogP contribution in [0.1, 0.15) is 12.8 Å². The molecule has 1 saturated carbocycles. The quantitative estimate of drug-likeness (QED) is 0.571. The second-order valence-corrected chi connectivity index (χ2v) is 8.40. The number of rotatable bonds is 9. The topological polar surface area (TPSA) is 88.1 Å². The van der Waals surface area contributed by atoms with Crippen LogP contribution in [0.25, 0.3) is 11.3 Å². The summed E-state index contributed by atoms with van der Waals surface area (Å²) in [7, 11) is 3.24. The number of anilines is 1. The third kappa shape index (κ3) is 5.78. The van der Waals surface area contributed by atoms with Crippen molar-refractivity contribution in [2.45, 2.75) is 12.8 Å². The van der Waals surface area contributed by atoms with Crippen LogP contribution in [-0.4, -0.2) is 91.9 Å². The summed E-state index contributed by atoms with van der Waals surface area (Å²) >= 11 is 0. The van der Waals surface area contributed by atoms with Gasteiger partial charge in [-0.15, -0.1) is 10.2 Å². The lowest BCUT2D eigenvalue weighted by Crippen LogP contribution is -2.52. The fourth-order valence-corrected chi connectivity index (χ4v) is 3.94. The lowest BCUT2D eigenvalue weighted by atomic mass is 10.1. The fourth-order valence-electron chi connectivity index (χ4n) is 3.94. The molecule has 176 valence electrons. The zero-order valence-electron chi connectivity index (χ0n) is 19.3. The standard InChI is InChI=1S/C24H31N5O4/c1-32-15-14-29(24(31)18-6-7-18)17-23(30)28-12-10-27(11-13-28)22-9-8-21(25-26-22)19-4-3-5-20(16-19)33-2/h3-5,8-9,16,18H,6-7,10-15,17H2,1-2H3. The van der Waals surface area contributed by atoms with Gasteiger partial charge in [0.1, 0.15) is 5.75 Å². The van der Waals surface area contributed by atoms with Crippen LogP contribution in [0, 0.1) is 5.92 Å². The van der Waals surface area contributed by atoms with Gasteiger partial charge >= 0.3 is 0 Å². The van der Waals surface area contributed by atoms with Gasteiger partial charge < -0.3 is 24.2 Å². The summed E-state index contributed by atoms with van der Waals surface area (Å²) in [6.45, 7) is 3.54. The van der Waals surface area contributed by atoms with E-state index in [0.717, 1.165) is 35.7 Å². The number of amides is 2. The summed E-state index contributed by atoms with van der Waals surface area (Å²) < 4.78 is 10.4. The van der Waals surface area contributed by atoms with E-state index in [9.17, 15) is 9.59 Å². The van der Waals surface area contributed by atoms with Crippen molar-refractivity contribution in [3.05, 3.63) is 36.4 Å². The fraction of sp³-hybridized carbons (Fsp3) is 0.500. The number of nitrogens with zero attached hydrogens (tertiary/aromatic N) is 5. The first-order chi connectivity index (χ1) is 16.1. The third-order valence-electron chi connectivity index (χ3n) is 6.10. The van der Waals surface area contributed by atoms with E-state index >= 15 is 0 Å². The van der Waals surface area contributed by atoms with Gasteiger partial charge in [-0.25, -0.2) is 0 Å². The molecule has 0 N–H and O–H groups in total. The molecule has 0 atom stereocenters. The highest BCUT2D eigenvalue weighted by atomic mass is 16.5. The Bertz CT molecular complexity index is 956. The summed E-state index contributed by atoms with van der Waals surface area (Å²) in [5.41, 5.74) is 1.73. The molecule has 2 aromatic rings. The number of hydrogen-bond acceptors (Lipinski definition) is 7. The van der Waals surface area contributed by atoms with Gasteiger partial charge in [0, 0.05) is 51.3 Å². The van der Waals surface area contributed by atoms with E-state index in [2.05, 4.69) is 15.1 Å². The Kier molecular flexibility index (Phi) is 7.39. The monoisotopic (exact) mass is 453 g/mol. The molecule has 0 bridgehead atoms. The van der Waals surface area contributed by atoms with Crippen molar-refractivity contribution in [1.29, 1.82) is 0 Å². The molecule has 4 rings (SSSR count). The lowest BCUT2D eigenvalue weighted by Gasteiger charge is -2.36. The van der Waals surface area contributed by atoms with Gasteiger partial charge in [0.2, 0.25) is 11.8 Å². The van der Waals surface area contributed by atoms with Crippen molar-refractivity contribution in [2.75, 3.05) is 65.0 Å². The molecule has 1 saturated heterocycles. The molecule has 0 unspecified atom stereocenters. The van der Waals surface area contributed by atoms with E-state index in [0.29, 0.717) is 39.3 Å². The zero-order valence-corrected chi connectivity index (χ0v) is 19.3. The molecule has 33 heavy (non-hydrogen) atoms. The average molecular weight is 454 g/mol. The molecule has 0 radical (unpaired) electrons. The van der Waals surface area contributed by atoms with Gasteiger partial charge in [0.05, 0.1) is 26.0 Å². The van der Waals surface area contributed by atoms with Crippen LogP contribution in [0.5, 0.6) is 5.75 Å². The maximum Gasteiger partial charge on any atom is 0.242 e. The van der Waals surface area contributed by atoms with Crippen molar-refractivity contribution < 1.29 is 19.1 Å². The first kappa shape index (κ1) is 23.0. The smallest absolute Gasteiger partial charge is 0.242 e. The van der Waals surface area contributed by atoms with Crippen LogP contribution in [0.4, 0.5) is 5.82 Å². The highest BCUT2D eigenvalue weighted by Gasteiger charge is 2.35. The van der Waals surface area contributed by atoms with E-state index in [-0.39, 0.29) is 24.3 Å². The number of aromatic nitrogens is 2. The molecule has 9 nitrogen and oxygen atoms in total. The van der Waals surface area contributed by atoms with E-state index in [1.54, 1.807) is 19.1 Å². The normalized spacial score (nSPS) is 15.9. The predicted octanol–water partition coefficient (Wildman–Crippen LogP) is 1.69. The Balaban J connectivity index is 1.31. The molecule has 2 fully saturated rings. The van der Waals surface area contributed by atoms with Crippen molar-refractivity contribution in [3.63, 3.8) is 0 Å². The lowest BCUT2D eigenvalue weighted by molar-refractivity contribution is -0.142. The molecule has 1 aromatic heterocycles. The number of benzene rings is 1. The van der Waals surface area contributed by atoms with Crippen molar-refractivity contribution in [1.82, 2.24) is 20.0 Å². The van der Waals surface area contributed by atoms with Gasteiger partial charge in [0.25, 0.3) is 0 Å². The van der Waals surface area contributed by atoms with Crippen LogP contribution in [0.3, 0.4) is 0 Å². The Morgan fingerprint density at radius 1 is 1.06 bits per heavy atom. The van der Waals surface area contributed by atoms with Crippen molar-refractivity contribution in [3.8, 4) is 17.0 Å². The maximum atomic E-state index is 12.9. The minimum Gasteiger partial charge on any atom is -0.497 e. The number of piperazine rings is 1. The first-order valence-corrected chi connectivity index (χ1v) is 11.4. The molecular formula is C24H31N5O4. The van der Waals surface area contributed by atoms with Gasteiger partial charge in [-0.05, 0) is 37.1 Å². The Morgan fingerprint density at radius 3 is 2.48 bits per heavy atom. The van der Waals surface area contributed by atoms with Crippen LogP contribution in [-0.2, 0) is 14.3 Å². The van der Waals surface area contributed by atoms with Gasteiger partial charge in [0.15, 0.2) is 5.82 Å². The van der Waals surface area contributed by atoms with Crippen LogP contribution >= 0.6 is 0 Å². The van der Waals surface area contributed by atoms with Gasteiger partial charge in [-0.1, -0.05) is 12.1 Å². The summed E-state index contributed by atoms with van der Waals surface area (Å²) in [5.74, 6) is 1.72. The number of carbonyl (C=O) groups is 2. The van der Waals surface area contributed by atoms with E-state index in [4.69, 9.17) is 9.47 Å². The summed E-state index contributed by atoms with van der Waals surface area (Å²) in [5, 5.41) is 8.78.